The molecular weight excluding hydrogens is 396 g/mol. The van der Waals surface area contributed by atoms with E-state index >= 15 is 0 Å². The molecule has 0 aliphatic carbocycles. The Morgan fingerprint density at radius 3 is 2.64 bits per heavy atom. The second kappa shape index (κ2) is 9.18. The van der Waals surface area contributed by atoms with Gasteiger partial charge in [-0.3, -0.25) is 4.79 Å². The molecule has 5 nitrogen and oxygen atoms in total. The second-order valence-corrected chi connectivity index (χ2v) is 7.05. The summed E-state index contributed by atoms with van der Waals surface area (Å²) < 4.78 is 10.9. The zero-order valence-electron chi connectivity index (χ0n) is 14.8. The maximum Gasteiger partial charge on any atom is 0.266 e. The summed E-state index contributed by atoms with van der Waals surface area (Å²) >= 11 is 7.30. The molecular formula is C21H15ClN2O3S. The number of benzene rings is 2. The highest BCUT2D eigenvalue weighted by Crippen LogP contribution is 2.30. The van der Waals surface area contributed by atoms with Crippen LogP contribution < -0.4 is 10.1 Å². The van der Waals surface area contributed by atoms with Crippen LogP contribution in [0.5, 0.6) is 5.75 Å². The summed E-state index contributed by atoms with van der Waals surface area (Å²) in [6.07, 6.45) is 1.40. The third-order valence-electron chi connectivity index (χ3n) is 3.64. The SMILES string of the molecule is COc1ccccc1NC(=O)/C(C#N)=C\c1ccc(Sc2ccc(Cl)cc2)o1. The number of nitriles is 1. The Kier molecular flexibility index (Phi) is 6.43. The van der Waals surface area contributed by atoms with Gasteiger partial charge in [-0.1, -0.05) is 35.5 Å². The van der Waals surface area contributed by atoms with E-state index in [1.54, 1.807) is 48.5 Å². The Bertz CT molecular complexity index is 1050. The van der Waals surface area contributed by atoms with E-state index in [4.69, 9.17) is 20.8 Å². The summed E-state index contributed by atoms with van der Waals surface area (Å²) in [5.74, 6) is 0.367. The first-order valence-electron chi connectivity index (χ1n) is 8.18. The highest BCUT2D eigenvalue weighted by Gasteiger charge is 2.13. The molecule has 0 saturated heterocycles. The fraction of sp³-hybridized carbons (Fsp3) is 0.0476. The van der Waals surface area contributed by atoms with Crippen LogP contribution in [0.1, 0.15) is 5.76 Å². The smallest absolute Gasteiger partial charge is 0.266 e. The van der Waals surface area contributed by atoms with Gasteiger partial charge in [0.2, 0.25) is 0 Å². The lowest BCUT2D eigenvalue weighted by Crippen LogP contribution is -2.14. The molecule has 1 heterocycles. The largest absolute Gasteiger partial charge is 0.495 e. The molecule has 3 aromatic rings. The predicted molar refractivity (Wildman–Crippen MR) is 109 cm³/mol. The van der Waals surface area contributed by atoms with Crippen LogP contribution >= 0.6 is 23.4 Å². The average Bonchev–Trinajstić information content (AvgIpc) is 3.15. The molecule has 0 unspecified atom stereocenters. The van der Waals surface area contributed by atoms with E-state index in [-0.39, 0.29) is 5.57 Å². The third-order valence-corrected chi connectivity index (χ3v) is 4.82. The number of hydrogen-bond donors (Lipinski definition) is 1. The molecule has 0 aliphatic heterocycles. The zero-order valence-corrected chi connectivity index (χ0v) is 16.4. The maximum atomic E-state index is 12.4. The Balaban J connectivity index is 1.73. The van der Waals surface area contributed by atoms with Crippen molar-refractivity contribution in [2.45, 2.75) is 9.99 Å². The van der Waals surface area contributed by atoms with Gasteiger partial charge in [0.15, 0.2) is 5.09 Å². The van der Waals surface area contributed by atoms with E-state index in [9.17, 15) is 10.1 Å². The van der Waals surface area contributed by atoms with Gasteiger partial charge in [-0.05, 0) is 48.5 Å². The van der Waals surface area contributed by atoms with Crippen molar-refractivity contribution in [3.63, 3.8) is 0 Å². The van der Waals surface area contributed by atoms with Gasteiger partial charge >= 0.3 is 0 Å². The molecule has 0 aliphatic rings. The van der Waals surface area contributed by atoms with Gasteiger partial charge < -0.3 is 14.5 Å². The molecule has 140 valence electrons. The van der Waals surface area contributed by atoms with E-state index in [2.05, 4.69) is 5.32 Å². The van der Waals surface area contributed by atoms with Crippen molar-refractivity contribution >= 4 is 41.0 Å². The zero-order chi connectivity index (χ0) is 19.9. The molecule has 0 spiro atoms. The molecule has 2 aromatic carbocycles. The predicted octanol–water partition coefficient (Wildman–Crippen LogP) is 5.64. The molecule has 1 N–H and O–H groups in total. The Hall–Kier alpha value is -3.14. The Morgan fingerprint density at radius 2 is 1.93 bits per heavy atom. The minimum absolute atomic E-state index is 0.0803. The molecule has 0 radical (unpaired) electrons. The molecule has 3 rings (SSSR count). The number of nitrogens with one attached hydrogen (secondary N) is 1. The molecule has 0 bridgehead atoms. The summed E-state index contributed by atoms with van der Waals surface area (Å²) in [5, 5.41) is 13.3. The fourth-order valence-electron chi connectivity index (χ4n) is 2.31. The number of para-hydroxylation sites is 2. The van der Waals surface area contributed by atoms with E-state index < -0.39 is 5.91 Å². The van der Waals surface area contributed by atoms with Crippen LogP contribution in [0.4, 0.5) is 5.69 Å². The van der Waals surface area contributed by atoms with E-state index in [1.165, 1.54) is 24.9 Å². The number of halogens is 1. The van der Waals surface area contributed by atoms with Gasteiger partial charge in [-0.2, -0.15) is 5.26 Å². The standard InChI is InChI=1S/C21H15ClN2O3S/c1-26-19-5-3-2-4-18(19)24-21(25)14(13-23)12-16-8-11-20(27-16)28-17-9-6-15(22)7-10-17/h2-12H,1H3,(H,24,25)/b14-12-. The van der Waals surface area contributed by atoms with Crippen LogP contribution in [0, 0.1) is 11.3 Å². The number of carbonyl (C=O) groups is 1. The lowest BCUT2D eigenvalue weighted by atomic mass is 10.2. The highest BCUT2D eigenvalue weighted by atomic mass is 35.5. The van der Waals surface area contributed by atoms with Crippen LogP contribution in [0.2, 0.25) is 5.02 Å². The van der Waals surface area contributed by atoms with Crippen molar-refractivity contribution in [3.8, 4) is 11.8 Å². The number of hydrogen-bond acceptors (Lipinski definition) is 5. The first-order chi connectivity index (χ1) is 13.6. The molecule has 7 heteroatoms. The van der Waals surface area contributed by atoms with E-state index in [0.29, 0.717) is 27.3 Å². The summed E-state index contributed by atoms with van der Waals surface area (Å²) in [5.41, 5.74) is 0.401. The van der Waals surface area contributed by atoms with Crippen molar-refractivity contribution in [2.75, 3.05) is 12.4 Å². The van der Waals surface area contributed by atoms with Crippen molar-refractivity contribution in [1.29, 1.82) is 5.26 Å². The minimum Gasteiger partial charge on any atom is -0.495 e. The van der Waals surface area contributed by atoms with Crippen LogP contribution in [0.15, 0.2) is 80.6 Å². The van der Waals surface area contributed by atoms with Crippen LogP contribution in [-0.4, -0.2) is 13.0 Å². The normalized spacial score (nSPS) is 11.0. The van der Waals surface area contributed by atoms with Crippen LogP contribution in [0.3, 0.4) is 0 Å². The second-order valence-electron chi connectivity index (χ2n) is 5.54. The van der Waals surface area contributed by atoms with E-state index in [0.717, 1.165) is 4.90 Å². The van der Waals surface area contributed by atoms with Gasteiger partial charge in [0.1, 0.15) is 23.2 Å². The fourth-order valence-corrected chi connectivity index (χ4v) is 3.22. The Morgan fingerprint density at radius 1 is 1.18 bits per heavy atom. The average molecular weight is 411 g/mol. The van der Waals surface area contributed by atoms with Gasteiger partial charge in [0.25, 0.3) is 5.91 Å². The van der Waals surface area contributed by atoms with Gasteiger partial charge in [-0.25, -0.2) is 0 Å². The van der Waals surface area contributed by atoms with Crippen molar-refractivity contribution in [1.82, 2.24) is 0 Å². The lowest BCUT2D eigenvalue weighted by molar-refractivity contribution is -0.112. The number of rotatable bonds is 6. The van der Waals surface area contributed by atoms with Gasteiger partial charge in [0, 0.05) is 16.0 Å². The lowest BCUT2D eigenvalue weighted by Gasteiger charge is -2.08. The topological polar surface area (TPSA) is 75.3 Å². The number of nitrogens with zero attached hydrogens (tertiary/aromatic N) is 1. The quantitative estimate of drug-likeness (QED) is 0.420. The highest BCUT2D eigenvalue weighted by molar-refractivity contribution is 7.99. The molecule has 0 saturated carbocycles. The summed E-state index contributed by atoms with van der Waals surface area (Å²) in [4.78, 5) is 13.4. The summed E-state index contributed by atoms with van der Waals surface area (Å²) in [6.45, 7) is 0. The molecule has 1 aromatic heterocycles. The summed E-state index contributed by atoms with van der Waals surface area (Å²) in [6, 6.07) is 19.7. The van der Waals surface area contributed by atoms with Gasteiger partial charge in [-0.15, -0.1) is 0 Å². The molecule has 1 amide bonds. The Labute approximate surface area is 171 Å². The first kappa shape index (κ1) is 19.6. The van der Waals surface area contributed by atoms with Crippen LogP contribution in [-0.2, 0) is 4.79 Å². The van der Waals surface area contributed by atoms with Crippen molar-refractivity contribution in [2.24, 2.45) is 0 Å². The summed E-state index contributed by atoms with van der Waals surface area (Å²) in [7, 11) is 1.51. The molecule has 0 fully saturated rings. The number of anilines is 1. The number of amides is 1. The molecule has 0 atom stereocenters. The minimum atomic E-state index is -0.546. The van der Waals surface area contributed by atoms with Crippen LogP contribution in [0.25, 0.3) is 6.08 Å². The number of furan rings is 1. The van der Waals surface area contributed by atoms with Gasteiger partial charge in [0.05, 0.1) is 12.8 Å². The number of carbonyl (C=O) groups excluding carboxylic acids is 1. The maximum absolute atomic E-state index is 12.4. The van der Waals surface area contributed by atoms with Crippen molar-refractivity contribution in [3.05, 3.63) is 77.0 Å². The number of methoxy groups -OCH3 is 1. The monoisotopic (exact) mass is 410 g/mol. The number of ether oxygens (including phenoxy) is 1. The van der Waals surface area contributed by atoms with E-state index in [1.807, 2.05) is 18.2 Å². The van der Waals surface area contributed by atoms with Crippen molar-refractivity contribution < 1.29 is 13.9 Å². The third kappa shape index (κ3) is 4.97. The first-order valence-corrected chi connectivity index (χ1v) is 9.38. The molecule has 28 heavy (non-hydrogen) atoms.